The molecule has 0 radical (unpaired) electrons. The Labute approximate surface area is 193 Å². The third kappa shape index (κ3) is 5.23. The lowest BCUT2D eigenvalue weighted by Gasteiger charge is -2.13. The number of carbonyl (C=O) groups excluding carboxylic acids is 1. The van der Waals surface area contributed by atoms with Crippen molar-refractivity contribution in [2.24, 2.45) is 4.99 Å². The highest BCUT2D eigenvalue weighted by molar-refractivity contribution is 9.10. The second-order valence-corrected chi connectivity index (χ2v) is 7.82. The number of nitrogens with zero attached hydrogens (tertiary/aromatic N) is 1. The van der Waals surface area contributed by atoms with Crippen LogP contribution < -0.4 is 9.47 Å². The molecule has 0 fully saturated rings. The lowest BCUT2D eigenvalue weighted by atomic mass is 10.1. The lowest BCUT2D eigenvalue weighted by molar-refractivity contribution is -0.129. The number of hydrogen-bond donors (Lipinski definition) is 0. The Hall–Kier alpha value is -3.45. The van der Waals surface area contributed by atoms with Gasteiger partial charge in [0.15, 0.2) is 17.2 Å². The Morgan fingerprint density at radius 2 is 1.84 bits per heavy atom. The molecule has 4 rings (SSSR count). The second-order valence-electron chi connectivity index (χ2n) is 6.90. The Kier molecular flexibility index (Phi) is 6.66. The molecule has 3 aromatic rings. The van der Waals surface area contributed by atoms with E-state index in [1.165, 1.54) is 18.2 Å². The fourth-order valence-corrected chi connectivity index (χ4v) is 3.32. The minimum Gasteiger partial charge on any atom is -0.490 e. The van der Waals surface area contributed by atoms with E-state index in [9.17, 15) is 9.18 Å². The minimum atomic E-state index is -0.599. The van der Waals surface area contributed by atoms with Crippen LogP contribution in [0.5, 0.6) is 11.5 Å². The maximum Gasteiger partial charge on any atom is 0.363 e. The summed E-state index contributed by atoms with van der Waals surface area (Å²) in [5.74, 6) is 0.186. The number of cyclic esters (lactones) is 1. The zero-order valence-corrected chi connectivity index (χ0v) is 18.8. The molecular formula is C25H19BrFNO4. The molecular weight excluding hydrogens is 477 g/mol. The highest BCUT2D eigenvalue weighted by Gasteiger charge is 2.24. The van der Waals surface area contributed by atoms with E-state index in [-0.39, 0.29) is 11.6 Å². The van der Waals surface area contributed by atoms with Gasteiger partial charge in [0.25, 0.3) is 0 Å². The number of rotatable bonds is 7. The summed E-state index contributed by atoms with van der Waals surface area (Å²) in [5, 5.41) is 0. The van der Waals surface area contributed by atoms with Crippen LogP contribution in [0.3, 0.4) is 0 Å². The Balaban J connectivity index is 1.55. The third-order valence-electron chi connectivity index (χ3n) is 4.57. The van der Waals surface area contributed by atoms with Crippen molar-refractivity contribution in [2.45, 2.75) is 13.5 Å². The summed E-state index contributed by atoms with van der Waals surface area (Å²) in [7, 11) is 0. The molecule has 0 aliphatic carbocycles. The number of hydrogen-bond acceptors (Lipinski definition) is 5. The van der Waals surface area contributed by atoms with Crippen LogP contribution in [-0.4, -0.2) is 18.5 Å². The zero-order chi connectivity index (χ0) is 22.5. The fraction of sp³-hybridized carbons (Fsp3) is 0.120. The van der Waals surface area contributed by atoms with E-state index in [4.69, 9.17) is 14.2 Å². The number of aliphatic imine (C=N–C) groups is 1. The highest BCUT2D eigenvalue weighted by atomic mass is 79.9. The smallest absolute Gasteiger partial charge is 0.363 e. The van der Waals surface area contributed by atoms with Crippen molar-refractivity contribution >= 4 is 33.9 Å². The van der Waals surface area contributed by atoms with Crippen LogP contribution in [-0.2, 0) is 16.1 Å². The first-order valence-corrected chi connectivity index (χ1v) is 10.7. The fourth-order valence-electron chi connectivity index (χ4n) is 3.06. The van der Waals surface area contributed by atoms with Crippen LogP contribution in [0.4, 0.5) is 4.39 Å². The molecule has 5 nitrogen and oxygen atoms in total. The molecule has 0 spiro atoms. The zero-order valence-electron chi connectivity index (χ0n) is 17.2. The normalized spacial score (nSPS) is 14.3. The Morgan fingerprint density at radius 1 is 1.03 bits per heavy atom. The molecule has 0 saturated carbocycles. The maximum atomic E-state index is 13.5. The molecule has 0 bridgehead atoms. The summed E-state index contributed by atoms with van der Waals surface area (Å²) in [6.45, 7) is 2.73. The molecule has 1 aliphatic heterocycles. The van der Waals surface area contributed by atoms with Crippen LogP contribution in [0.25, 0.3) is 6.08 Å². The largest absolute Gasteiger partial charge is 0.490 e. The van der Waals surface area contributed by atoms with Crippen molar-refractivity contribution < 1.29 is 23.4 Å². The summed E-state index contributed by atoms with van der Waals surface area (Å²) >= 11 is 3.42. The van der Waals surface area contributed by atoms with Crippen molar-refractivity contribution in [1.29, 1.82) is 0 Å². The van der Waals surface area contributed by atoms with E-state index in [1.807, 2.05) is 31.2 Å². The predicted molar refractivity (Wildman–Crippen MR) is 123 cm³/mol. The predicted octanol–water partition coefficient (Wildman–Crippen LogP) is 5.91. The van der Waals surface area contributed by atoms with Crippen molar-refractivity contribution in [3.8, 4) is 11.5 Å². The first kappa shape index (κ1) is 21.8. The number of halogens is 2. The van der Waals surface area contributed by atoms with Gasteiger partial charge in [-0.05, 0) is 66.6 Å². The lowest BCUT2D eigenvalue weighted by Crippen LogP contribution is -2.05. The monoisotopic (exact) mass is 495 g/mol. The van der Waals surface area contributed by atoms with E-state index >= 15 is 0 Å². The molecule has 0 atom stereocenters. The van der Waals surface area contributed by atoms with Crippen LogP contribution in [0, 0.1) is 5.82 Å². The molecule has 3 aromatic carbocycles. The topological polar surface area (TPSA) is 57.1 Å². The number of esters is 1. The molecule has 0 aromatic heterocycles. The van der Waals surface area contributed by atoms with Gasteiger partial charge in [0.05, 0.1) is 6.61 Å². The molecule has 0 amide bonds. The molecule has 0 saturated heterocycles. The van der Waals surface area contributed by atoms with Crippen molar-refractivity contribution in [2.75, 3.05) is 6.61 Å². The van der Waals surface area contributed by atoms with Gasteiger partial charge in [0, 0.05) is 10.0 Å². The van der Waals surface area contributed by atoms with Crippen LogP contribution in [0.1, 0.15) is 23.6 Å². The molecule has 162 valence electrons. The third-order valence-corrected chi connectivity index (χ3v) is 5.10. The average molecular weight is 496 g/mol. The average Bonchev–Trinajstić information content (AvgIpc) is 3.15. The molecule has 0 unspecified atom stereocenters. The minimum absolute atomic E-state index is 0.0697. The highest BCUT2D eigenvalue weighted by Crippen LogP contribution is 2.31. The van der Waals surface area contributed by atoms with E-state index in [0.29, 0.717) is 35.8 Å². The maximum absolute atomic E-state index is 13.5. The number of benzene rings is 3. The van der Waals surface area contributed by atoms with Gasteiger partial charge in [-0.2, -0.15) is 0 Å². The van der Waals surface area contributed by atoms with Gasteiger partial charge in [-0.3, -0.25) is 0 Å². The molecule has 1 heterocycles. The first-order valence-electron chi connectivity index (χ1n) is 9.94. The van der Waals surface area contributed by atoms with Gasteiger partial charge in [0.2, 0.25) is 5.90 Å². The molecule has 32 heavy (non-hydrogen) atoms. The van der Waals surface area contributed by atoms with Crippen LogP contribution in [0.15, 0.2) is 81.9 Å². The van der Waals surface area contributed by atoms with Gasteiger partial charge < -0.3 is 14.2 Å². The Bertz CT molecular complexity index is 1200. The summed E-state index contributed by atoms with van der Waals surface area (Å²) < 4.78 is 31.3. The van der Waals surface area contributed by atoms with Crippen molar-refractivity contribution in [3.05, 3.63) is 99.4 Å². The van der Waals surface area contributed by atoms with E-state index in [1.54, 1.807) is 30.3 Å². The van der Waals surface area contributed by atoms with E-state index < -0.39 is 11.8 Å². The second kappa shape index (κ2) is 9.78. The van der Waals surface area contributed by atoms with Gasteiger partial charge in [-0.25, -0.2) is 14.2 Å². The van der Waals surface area contributed by atoms with Crippen molar-refractivity contribution in [3.63, 3.8) is 0 Å². The van der Waals surface area contributed by atoms with Gasteiger partial charge in [-0.1, -0.05) is 40.2 Å². The number of ether oxygens (including phenoxy) is 3. The van der Waals surface area contributed by atoms with Gasteiger partial charge in [0.1, 0.15) is 12.4 Å². The molecule has 7 heteroatoms. The van der Waals surface area contributed by atoms with Crippen LogP contribution >= 0.6 is 15.9 Å². The van der Waals surface area contributed by atoms with Gasteiger partial charge in [-0.15, -0.1) is 0 Å². The molecule has 0 N–H and O–H groups in total. The van der Waals surface area contributed by atoms with Gasteiger partial charge >= 0.3 is 5.97 Å². The van der Waals surface area contributed by atoms with E-state index in [0.717, 1.165) is 10.0 Å². The van der Waals surface area contributed by atoms with E-state index in [2.05, 4.69) is 20.9 Å². The quantitative estimate of drug-likeness (QED) is 0.302. The number of carbonyl (C=O) groups is 1. The van der Waals surface area contributed by atoms with Crippen molar-refractivity contribution in [1.82, 2.24) is 0 Å². The summed E-state index contributed by atoms with van der Waals surface area (Å²) in [6.07, 6.45) is 1.59. The summed E-state index contributed by atoms with van der Waals surface area (Å²) in [5.41, 5.74) is 2.24. The standard InChI is InChI=1S/C25H19BrFNO4/c1-2-30-23-13-17(8-11-22(23)31-15-16-6-9-19(26)10-7-16)12-21-25(29)32-24(28-21)18-4-3-5-20(27)14-18/h3-14H,2,15H2,1H3/b21-12-. The molecule has 1 aliphatic rings. The summed E-state index contributed by atoms with van der Waals surface area (Å²) in [4.78, 5) is 16.5. The van der Waals surface area contributed by atoms with Crippen LogP contribution in [0.2, 0.25) is 0 Å². The SMILES string of the molecule is CCOc1cc(/C=C2\N=C(c3cccc(F)c3)OC2=O)ccc1OCc1ccc(Br)cc1. The summed E-state index contributed by atoms with van der Waals surface area (Å²) in [6, 6.07) is 19.0. The first-order chi connectivity index (χ1) is 15.5. The Morgan fingerprint density at radius 3 is 2.59 bits per heavy atom.